The number of oxime groups is 1. The summed E-state index contributed by atoms with van der Waals surface area (Å²) in [7, 11) is 1.76. The molecule has 12 heavy (non-hydrogen) atoms. The summed E-state index contributed by atoms with van der Waals surface area (Å²) in [6, 6.07) is 4.49. The number of rotatable bonds is 1. The Balaban J connectivity index is 3.18. The number of nitrogens with zero attached hydrogens (tertiary/aromatic N) is 1. The first-order valence-electron chi connectivity index (χ1n) is 3.39. The number of amidine groups is 1. The third-order valence-corrected chi connectivity index (χ3v) is 1.51. The summed E-state index contributed by atoms with van der Waals surface area (Å²) < 4.78 is 13.0. The zero-order valence-electron chi connectivity index (χ0n) is 6.58. The summed E-state index contributed by atoms with van der Waals surface area (Å²) in [5.74, 6) is -0.696. The maximum atomic E-state index is 13.0. The summed E-state index contributed by atoms with van der Waals surface area (Å²) in [4.78, 5) is 0. The standard InChI is InChI=1S/C7H8BFN2O/c8-4-1-2-5(6(9)3-4)7(10)11-12/h1-3,12H,8H2,(H2,10,11). The van der Waals surface area contributed by atoms with Crippen molar-refractivity contribution in [1.82, 2.24) is 0 Å². The molecule has 0 atom stereocenters. The topological polar surface area (TPSA) is 58.6 Å². The van der Waals surface area contributed by atoms with Gasteiger partial charge in [0.25, 0.3) is 0 Å². The van der Waals surface area contributed by atoms with Crippen molar-refractivity contribution in [2.75, 3.05) is 0 Å². The van der Waals surface area contributed by atoms with Crippen LogP contribution in [0.4, 0.5) is 4.39 Å². The summed E-state index contributed by atoms with van der Waals surface area (Å²) in [5, 5.41) is 11.0. The lowest BCUT2D eigenvalue weighted by Gasteiger charge is -2.00. The smallest absolute Gasteiger partial charge is 0.173 e. The Morgan fingerprint density at radius 1 is 1.58 bits per heavy atom. The number of benzene rings is 1. The molecule has 0 bridgehead atoms. The molecular formula is C7H8BFN2O. The van der Waals surface area contributed by atoms with Crippen molar-refractivity contribution in [2.45, 2.75) is 0 Å². The minimum Gasteiger partial charge on any atom is -0.409 e. The molecule has 0 unspecified atom stereocenters. The predicted molar refractivity (Wildman–Crippen MR) is 47.1 cm³/mol. The second kappa shape index (κ2) is 3.25. The molecule has 0 amide bonds. The minimum atomic E-state index is -0.481. The first kappa shape index (κ1) is 8.58. The Labute approximate surface area is 70.1 Å². The van der Waals surface area contributed by atoms with Crippen LogP contribution in [0, 0.1) is 5.82 Å². The fraction of sp³-hybridized carbons (Fsp3) is 0. The summed E-state index contributed by atoms with van der Waals surface area (Å²) in [6.45, 7) is 0. The van der Waals surface area contributed by atoms with Gasteiger partial charge >= 0.3 is 0 Å². The monoisotopic (exact) mass is 166 g/mol. The zero-order chi connectivity index (χ0) is 9.14. The molecule has 3 nitrogen and oxygen atoms in total. The molecule has 1 rings (SSSR count). The highest BCUT2D eigenvalue weighted by atomic mass is 19.1. The highest BCUT2D eigenvalue weighted by molar-refractivity contribution is 6.32. The van der Waals surface area contributed by atoms with E-state index in [0.717, 1.165) is 5.46 Å². The van der Waals surface area contributed by atoms with Crippen molar-refractivity contribution >= 4 is 19.1 Å². The average molecular weight is 166 g/mol. The zero-order valence-corrected chi connectivity index (χ0v) is 6.58. The number of hydrogen-bond acceptors (Lipinski definition) is 2. The fourth-order valence-corrected chi connectivity index (χ4v) is 0.882. The quantitative estimate of drug-likeness (QED) is 0.188. The normalized spacial score (nSPS) is 11.6. The van der Waals surface area contributed by atoms with Gasteiger partial charge in [-0.05, 0) is 12.1 Å². The van der Waals surface area contributed by atoms with Gasteiger partial charge in [-0.1, -0.05) is 16.7 Å². The molecule has 0 fully saturated rings. The summed E-state index contributed by atoms with van der Waals surface area (Å²) >= 11 is 0. The van der Waals surface area contributed by atoms with Crippen molar-refractivity contribution in [2.24, 2.45) is 10.9 Å². The Hall–Kier alpha value is -1.52. The summed E-state index contributed by atoms with van der Waals surface area (Å²) in [6.07, 6.45) is 0. The predicted octanol–water partition coefficient (Wildman–Crippen LogP) is -0.821. The molecule has 1 aromatic rings. The highest BCUT2D eigenvalue weighted by Gasteiger charge is 2.05. The second-order valence-corrected chi connectivity index (χ2v) is 2.47. The molecule has 3 N–H and O–H groups in total. The lowest BCUT2D eigenvalue weighted by Crippen LogP contribution is -2.17. The van der Waals surface area contributed by atoms with Crippen LogP contribution < -0.4 is 11.2 Å². The Bertz CT molecular complexity index is 327. The molecule has 1 aromatic carbocycles. The first-order valence-corrected chi connectivity index (χ1v) is 3.39. The maximum Gasteiger partial charge on any atom is 0.173 e. The third-order valence-electron chi connectivity index (χ3n) is 1.51. The number of hydrogen-bond donors (Lipinski definition) is 2. The Morgan fingerprint density at radius 3 is 2.75 bits per heavy atom. The molecule has 5 heteroatoms. The molecule has 0 aromatic heterocycles. The molecule has 0 aliphatic rings. The molecule has 62 valence electrons. The SMILES string of the molecule is Bc1ccc(/C(N)=N/O)c(F)c1. The van der Waals surface area contributed by atoms with Crippen molar-refractivity contribution in [3.05, 3.63) is 29.6 Å². The van der Waals surface area contributed by atoms with Crippen LogP contribution in [0.3, 0.4) is 0 Å². The molecule has 0 saturated carbocycles. The van der Waals surface area contributed by atoms with Gasteiger partial charge in [-0.2, -0.15) is 0 Å². The van der Waals surface area contributed by atoms with Gasteiger partial charge in [-0.15, -0.1) is 0 Å². The van der Waals surface area contributed by atoms with Crippen molar-refractivity contribution in [3.8, 4) is 0 Å². The van der Waals surface area contributed by atoms with E-state index in [4.69, 9.17) is 10.9 Å². The minimum absolute atomic E-state index is 0.114. The summed E-state index contributed by atoms with van der Waals surface area (Å²) in [5.41, 5.74) is 6.11. The van der Waals surface area contributed by atoms with Crippen LogP contribution in [0.2, 0.25) is 0 Å². The van der Waals surface area contributed by atoms with Gasteiger partial charge in [0.2, 0.25) is 0 Å². The van der Waals surface area contributed by atoms with Gasteiger partial charge < -0.3 is 10.9 Å². The van der Waals surface area contributed by atoms with E-state index in [1.165, 1.54) is 12.1 Å². The number of nitrogens with two attached hydrogens (primary N) is 1. The van der Waals surface area contributed by atoms with Crippen LogP contribution in [-0.4, -0.2) is 18.9 Å². The molecule has 0 aliphatic heterocycles. The molecular weight excluding hydrogens is 158 g/mol. The van der Waals surface area contributed by atoms with E-state index in [9.17, 15) is 4.39 Å². The van der Waals surface area contributed by atoms with E-state index >= 15 is 0 Å². The highest BCUT2D eigenvalue weighted by Crippen LogP contribution is 2.03. The number of halogens is 1. The van der Waals surface area contributed by atoms with Gasteiger partial charge in [0.05, 0.1) is 5.56 Å². The average Bonchev–Trinajstić information content (AvgIpc) is 2.03. The van der Waals surface area contributed by atoms with Crippen LogP contribution in [0.5, 0.6) is 0 Å². The van der Waals surface area contributed by atoms with Crippen molar-refractivity contribution in [3.63, 3.8) is 0 Å². The fourth-order valence-electron chi connectivity index (χ4n) is 0.882. The van der Waals surface area contributed by atoms with Gasteiger partial charge in [-0.25, -0.2) is 4.39 Å². The van der Waals surface area contributed by atoms with E-state index < -0.39 is 5.82 Å². The van der Waals surface area contributed by atoms with Crippen LogP contribution in [0.25, 0.3) is 0 Å². The lowest BCUT2D eigenvalue weighted by molar-refractivity contribution is 0.318. The van der Waals surface area contributed by atoms with Gasteiger partial charge in [0.15, 0.2) is 5.84 Å². The Kier molecular flexibility index (Phi) is 2.33. The third kappa shape index (κ3) is 1.55. The molecule has 0 radical (unpaired) electrons. The van der Waals surface area contributed by atoms with Gasteiger partial charge in [-0.3, -0.25) is 0 Å². The maximum absolute atomic E-state index is 13.0. The van der Waals surface area contributed by atoms with E-state index in [2.05, 4.69) is 5.16 Å². The van der Waals surface area contributed by atoms with Crippen molar-refractivity contribution in [1.29, 1.82) is 0 Å². The van der Waals surface area contributed by atoms with Gasteiger partial charge in [0.1, 0.15) is 13.7 Å². The van der Waals surface area contributed by atoms with Crippen LogP contribution in [0.1, 0.15) is 5.56 Å². The largest absolute Gasteiger partial charge is 0.409 e. The first-order chi connectivity index (χ1) is 5.65. The van der Waals surface area contributed by atoms with E-state index in [1.807, 2.05) is 0 Å². The second-order valence-electron chi connectivity index (χ2n) is 2.47. The lowest BCUT2D eigenvalue weighted by atomic mass is 9.95. The molecule has 0 saturated heterocycles. The van der Waals surface area contributed by atoms with E-state index in [1.54, 1.807) is 13.9 Å². The molecule has 0 heterocycles. The van der Waals surface area contributed by atoms with Crippen LogP contribution >= 0.6 is 0 Å². The molecule has 0 aliphatic carbocycles. The molecule has 0 spiro atoms. The van der Waals surface area contributed by atoms with Crippen LogP contribution in [0.15, 0.2) is 23.4 Å². The Morgan fingerprint density at radius 2 is 2.25 bits per heavy atom. The van der Waals surface area contributed by atoms with Gasteiger partial charge in [0, 0.05) is 0 Å². The van der Waals surface area contributed by atoms with Crippen molar-refractivity contribution < 1.29 is 9.60 Å². The van der Waals surface area contributed by atoms with E-state index in [0.29, 0.717) is 0 Å². The van der Waals surface area contributed by atoms with E-state index in [-0.39, 0.29) is 11.4 Å². The van der Waals surface area contributed by atoms with Crippen LogP contribution in [-0.2, 0) is 0 Å².